The predicted octanol–water partition coefficient (Wildman–Crippen LogP) is 2.70. The third-order valence-corrected chi connectivity index (χ3v) is 4.82. The molecule has 1 saturated heterocycles. The quantitative estimate of drug-likeness (QED) is 0.439. The molecule has 2 heterocycles. The molecular formula is C18H25N5O2. The molecule has 3 rings (SSSR count). The van der Waals surface area contributed by atoms with E-state index in [1.54, 1.807) is 4.57 Å². The van der Waals surface area contributed by atoms with E-state index in [0.717, 1.165) is 45.6 Å². The van der Waals surface area contributed by atoms with Gasteiger partial charge in [0.1, 0.15) is 6.20 Å². The van der Waals surface area contributed by atoms with Gasteiger partial charge in [0, 0.05) is 38.8 Å². The highest BCUT2D eigenvalue weighted by Crippen LogP contribution is 2.17. The third-order valence-electron chi connectivity index (χ3n) is 4.82. The maximum absolute atomic E-state index is 11.0. The van der Waals surface area contributed by atoms with Crippen LogP contribution in [0.1, 0.15) is 18.7 Å². The number of aryl methyl sites for hydroxylation is 1. The summed E-state index contributed by atoms with van der Waals surface area (Å²) in [5, 5.41) is 11.0. The second kappa shape index (κ2) is 8.11. The lowest BCUT2D eigenvalue weighted by Gasteiger charge is -2.36. The largest absolute Gasteiger partial charge is 0.369 e. The number of nitrogens with zero attached hydrogens (tertiary/aromatic N) is 5. The topological polar surface area (TPSA) is 67.4 Å². The van der Waals surface area contributed by atoms with Gasteiger partial charge in [0.2, 0.25) is 0 Å². The van der Waals surface area contributed by atoms with Gasteiger partial charge >= 0.3 is 5.82 Å². The molecule has 0 amide bonds. The van der Waals surface area contributed by atoms with Gasteiger partial charge in [-0.05, 0) is 36.4 Å². The number of imidazole rings is 1. The standard InChI is InChI=1S/C18H25N5O2/c1-16-19-15-18(23(24)25)22(16)10-6-5-9-20-11-13-21(14-12-20)17-7-3-2-4-8-17/h2-4,7-8,15H,5-6,9-14H2,1H3. The van der Waals surface area contributed by atoms with Gasteiger partial charge in [0.05, 0.1) is 6.54 Å². The van der Waals surface area contributed by atoms with Gasteiger partial charge in [0.25, 0.3) is 0 Å². The second-order valence-electron chi connectivity index (χ2n) is 6.44. The maximum atomic E-state index is 11.0. The van der Waals surface area contributed by atoms with Crippen LogP contribution >= 0.6 is 0 Å². The Morgan fingerprint density at radius 3 is 2.44 bits per heavy atom. The number of hydrogen-bond acceptors (Lipinski definition) is 5. The first-order valence-electron chi connectivity index (χ1n) is 8.84. The monoisotopic (exact) mass is 343 g/mol. The van der Waals surface area contributed by atoms with E-state index in [4.69, 9.17) is 0 Å². The minimum absolute atomic E-state index is 0.0916. The van der Waals surface area contributed by atoms with Crippen LogP contribution in [-0.2, 0) is 6.54 Å². The van der Waals surface area contributed by atoms with Crippen molar-refractivity contribution in [3.05, 3.63) is 52.5 Å². The highest BCUT2D eigenvalue weighted by Gasteiger charge is 2.18. The van der Waals surface area contributed by atoms with Crippen molar-refractivity contribution in [2.75, 3.05) is 37.6 Å². The zero-order valence-electron chi connectivity index (χ0n) is 14.7. The summed E-state index contributed by atoms with van der Waals surface area (Å²) in [5.41, 5.74) is 1.30. The molecule has 0 unspecified atom stereocenters. The number of anilines is 1. The van der Waals surface area contributed by atoms with Crippen LogP contribution in [0.5, 0.6) is 0 Å². The first-order chi connectivity index (χ1) is 12.1. The predicted molar refractivity (Wildman–Crippen MR) is 97.9 cm³/mol. The van der Waals surface area contributed by atoms with Gasteiger partial charge in [-0.1, -0.05) is 18.2 Å². The molecular weight excluding hydrogens is 318 g/mol. The van der Waals surface area contributed by atoms with Crippen LogP contribution in [-0.4, -0.2) is 52.1 Å². The van der Waals surface area contributed by atoms with Crippen molar-refractivity contribution in [1.82, 2.24) is 14.5 Å². The zero-order chi connectivity index (χ0) is 17.6. The molecule has 2 aromatic rings. The van der Waals surface area contributed by atoms with Gasteiger partial charge < -0.3 is 15.0 Å². The van der Waals surface area contributed by atoms with Crippen molar-refractivity contribution in [3.63, 3.8) is 0 Å². The van der Waals surface area contributed by atoms with E-state index in [2.05, 4.69) is 39.0 Å². The molecule has 1 aromatic carbocycles. The van der Waals surface area contributed by atoms with Gasteiger partial charge in [-0.2, -0.15) is 0 Å². The lowest BCUT2D eigenvalue weighted by molar-refractivity contribution is -0.392. The first-order valence-corrected chi connectivity index (χ1v) is 8.84. The zero-order valence-corrected chi connectivity index (χ0v) is 14.7. The lowest BCUT2D eigenvalue weighted by Crippen LogP contribution is -2.46. The molecule has 1 aliphatic heterocycles. The van der Waals surface area contributed by atoms with E-state index in [1.165, 1.54) is 11.9 Å². The van der Waals surface area contributed by atoms with Crippen molar-refractivity contribution in [2.45, 2.75) is 26.3 Å². The SMILES string of the molecule is Cc1ncc([N+](=O)[O-])n1CCCCN1CCN(c2ccccc2)CC1. The molecule has 134 valence electrons. The molecule has 1 aromatic heterocycles. The number of aromatic nitrogens is 2. The number of nitro groups is 1. The number of hydrogen-bond donors (Lipinski definition) is 0. The number of rotatable bonds is 7. The molecule has 0 N–H and O–H groups in total. The molecule has 1 fully saturated rings. The van der Waals surface area contributed by atoms with Crippen LogP contribution in [0, 0.1) is 17.0 Å². The fraction of sp³-hybridized carbons (Fsp3) is 0.500. The Kier molecular flexibility index (Phi) is 5.65. The Morgan fingerprint density at radius 2 is 1.76 bits per heavy atom. The van der Waals surface area contributed by atoms with E-state index in [-0.39, 0.29) is 10.7 Å². The average Bonchev–Trinajstić information content (AvgIpc) is 3.01. The Balaban J connectivity index is 1.40. The second-order valence-corrected chi connectivity index (χ2v) is 6.44. The summed E-state index contributed by atoms with van der Waals surface area (Å²) in [6.07, 6.45) is 3.31. The summed E-state index contributed by atoms with van der Waals surface area (Å²) in [6.45, 7) is 7.76. The fourth-order valence-corrected chi connectivity index (χ4v) is 3.35. The van der Waals surface area contributed by atoms with Crippen molar-refractivity contribution in [3.8, 4) is 0 Å². The van der Waals surface area contributed by atoms with Gasteiger partial charge in [-0.15, -0.1) is 0 Å². The molecule has 7 nitrogen and oxygen atoms in total. The Hall–Kier alpha value is -2.41. The molecule has 0 aliphatic carbocycles. The number of para-hydroxylation sites is 1. The summed E-state index contributed by atoms with van der Waals surface area (Å²) in [6, 6.07) is 10.5. The smallest absolute Gasteiger partial charge is 0.342 e. The van der Waals surface area contributed by atoms with E-state index >= 15 is 0 Å². The summed E-state index contributed by atoms with van der Waals surface area (Å²) >= 11 is 0. The summed E-state index contributed by atoms with van der Waals surface area (Å²) < 4.78 is 1.70. The van der Waals surface area contributed by atoms with Crippen LogP contribution in [0.3, 0.4) is 0 Å². The van der Waals surface area contributed by atoms with Crippen molar-refractivity contribution >= 4 is 11.5 Å². The third kappa shape index (κ3) is 4.36. The first kappa shape index (κ1) is 17.4. The molecule has 0 saturated carbocycles. The molecule has 0 spiro atoms. The highest BCUT2D eigenvalue weighted by molar-refractivity contribution is 5.46. The normalized spacial score (nSPS) is 15.5. The summed E-state index contributed by atoms with van der Waals surface area (Å²) in [5.74, 6) is 0.803. The highest BCUT2D eigenvalue weighted by atomic mass is 16.6. The van der Waals surface area contributed by atoms with E-state index in [0.29, 0.717) is 12.4 Å². The van der Waals surface area contributed by atoms with Gasteiger partial charge in [-0.25, -0.2) is 9.55 Å². The lowest BCUT2D eigenvalue weighted by atomic mass is 10.2. The van der Waals surface area contributed by atoms with Crippen LogP contribution in [0.15, 0.2) is 36.5 Å². The number of unbranched alkanes of at least 4 members (excludes halogenated alkanes) is 1. The molecule has 25 heavy (non-hydrogen) atoms. The minimum Gasteiger partial charge on any atom is -0.369 e. The van der Waals surface area contributed by atoms with Crippen LogP contribution in [0.4, 0.5) is 11.5 Å². The molecule has 7 heteroatoms. The van der Waals surface area contributed by atoms with Gasteiger partial charge in [0.15, 0.2) is 5.82 Å². The van der Waals surface area contributed by atoms with Crippen LogP contribution in [0.2, 0.25) is 0 Å². The van der Waals surface area contributed by atoms with Crippen LogP contribution < -0.4 is 4.90 Å². The molecule has 0 atom stereocenters. The number of piperazine rings is 1. The Morgan fingerprint density at radius 1 is 1.08 bits per heavy atom. The molecule has 0 bridgehead atoms. The van der Waals surface area contributed by atoms with Crippen molar-refractivity contribution in [1.29, 1.82) is 0 Å². The van der Waals surface area contributed by atoms with Crippen molar-refractivity contribution < 1.29 is 4.92 Å². The fourth-order valence-electron chi connectivity index (χ4n) is 3.35. The Labute approximate surface area is 148 Å². The van der Waals surface area contributed by atoms with Gasteiger partial charge in [-0.3, -0.25) is 4.90 Å². The summed E-state index contributed by atoms with van der Waals surface area (Å²) in [4.78, 5) is 19.6. The van der Waals surface area contributed by atoms with E-state index < -0.39 is 0 Å². The Bertz CT molecular complexity index is 693. The van der Waals surface area contributed by atoms with Crippen LogP contribution in [0.25, 0.3) is 0 Å². The van der Waals surface area contributed by atoms with E-state index in [9.17, 15) is 10.1 Å². The minimum atomic E-state index is -0.358. The number of benzene rings is 1. The molecule has 1 aliphatic rings. The van der Waals surface area contributed by atoms with Crippen molar-refractivity contribution in [2.24, 2.45) is 0 Å². The average molecular weight is 343 g/mol. The maximum Gasteiger partial charge on any atom is 0.342 e. The molecule has 0 radical (unpaired) electrons. The summed E-state index contributed by atoms with van der Waals surface area (Å²) in [7, 11) is 0. The van der Waals surface area contributed by atoms with E-state index in [1.807, 2.05) is 13.0 Å².